The zero-order valence-corrected chi connectivity index (χ0v) is 15.7. The van der Waals surface area contributed by atoms with Crippen LogP contribution in [0.4, 0.5) is 0 Å². The Bertz CT molecular complexity index is 930. The van der Waals surface area contributed by atoms with E-state index in [1.165, 1.54) is 28.8 Å². The number of benzene rings is 1. The molecule has 8 nitrogen and oxygen atoms in total. The van der Waals surface area contributed by atoms with E-state index in [0.29, 0.717) is 0 Å². The summed E-state index contributed by atoms with van der Waals surface area (Å²) >= 11 is 1.28. The van der Waals surface area contributed by atoms with Crippen molar-refractivity contribution in [2.45, 2.75) is 45.7 Å². The van der Waals surface area contributed by atoms with Crippen molar-refractivity contribution in [3.63, 3.8) is 0 Å². The first-order valence-corrected chi connectivity index (χ1v) is 10.5. The van der Waals surface area contributed by atoms with E-state index >= 15 is 0 Å². The summed E-state index contributed by atoms with van der Waals surface area (Å²) in [5, 5.41) is 15.7. The molecule has 1 aromatic carbocycles. The zero-order valence-electron chi connectivity index (χ0n) is 14.1. The third kappa shape index (κ3) is 1.99. The van der Waals surface area contributed by atoms with Crippen LogP contribution in [0.1, 0.15) is 13.8 Å². The molecule has 4 rings (SSSR count). The van der Waals surface area contributed by atoms with Crippen LogP contribution >= 0.6 is 11.8 Å². The number of thioether (sulfide) groups is 1. The van der Waals surface area contributed by atoms with Crippen molar-refractivity contribution >= 4 is 33.5 Å². The Morgan fingerprint density at radius 2 is 1.96 bits per heavy atom. The van der Waals surface area contributed by atoms with Crippen molar-refractivity contribution in [2.24, 2.45) is 10.2 Å². The zero-order chi connectivity index (χ0) is 18.9. The number of rotatable bonds is 3. The lowest BCUT2D eigenvalue weighted by Gasteiger charge is -2.50. The lowest BCUT2D eigenvalue weighted by Crippen LogP contribution is -2.76. The fourth-order valence-corrected chi connectivity index (χ4v) is 7.71. The minimum Gasteiger partial charge on any atom is -0.480 e. The summed E-state index contributed by atoms with van der Waals surface area (Å²) in [6.07, 6.45) is 0. The van der Waals surface area contributed by atoms with Crippen LogP contribution in [-0.2, 0) is 19.4 Å². The SMILES string of the molecule is CC1(C)S[C@H]2N(C(=O)[C@]23N=NC[C@@H]3S(=O)(=O)c2ccccc2)[C@H]1C(=O)O. The van der Waals surface area contributed by atoms with Crippen LogP contribution in [0.25, 0.3) is 0 Å². The highest BCUT2D eigenvalue weighted by Gasteiger charge is 2.77. The van der Waals surface area contributed by atoms with Gasteiger partial charge in [-0.3, -0.25) is 4.79 Å². The van der Waals surface area contributed by atoms with Crippen LogP contribution < -0.4 is 0 Å². The standard InChI is InChI=1S/C16H17N3O5S2/c1-15(2)11(12(20)21)19-13(22)16(14(19)25-15)10(8-17-18-16)26(23,24)9-6-4-3-5-7-9/h3-7,10-11,14H,8H2,1-2H3,(H,20,21)/t10-,11-,14+,16-/m0/s1. The van der Waals surface area contributed by atoms with Gasteiger partial charge in [0.25, 0.3) is 5.91 Å². The summed E-state index contributed by atoms with van der Waals surface area (Å²) in [6, 6.07) is 6.88. The number of azo groups is 1. The van der Waals surface area contributed by atoms with Crippen LogP contribution in [0.5, 0.6) is 0 Å². The van der Waals surface area contributed by atoms with Gasteiger partial charge in [-0.1, -0.05) is 18.2 Å². The molecule has 4 atom stereocenters. The van der Waals surface area contributed by atoms with E-state index < -0.39 is 48.7 Å². The van der Waals surface area contributed by atoms with E-state index in [-0.39, 0.29) is 11.4 Å². The monoisotopic (exact) mass is 395 g/mol. The van der Waals surface area contributed by atoms with Crippen molar-refractivity contribution in [1.29, 1.82) is 0 Å². The Labute approximate surface area is 154 Å². The third-order valence-electron chi connectivity index (χ3n) is 5.21. The molecule has 10 heteroatoms. The molecule has 0 radical (unpaired) electrons. The highest BCUT2D eigenvalue weighted by molar-refractivity contribution is 8.01. The molecule has 0 bridgehead atoms. The lowest BCUT2D eigenvalue weighted by atomic mass is 9.83. The summed E-state index contributed by atoms with van der Waals surface area (Å²) < 4.78 is 25.5. The molecule has 3 heterocycles. The summed E-state index contributed by atoms with van der Waals surface area (Å²) in [5.41, 5.74) is -1.54. The van der Waals surface area contributed by atoms with Crippen LogP contribution in [0.15, 0.2) is 45.5 Å². The molecule has 0 aliphatic carbocycles. The van der Waals surface area contributed by atoms with Gasteiger partial charge in [-0.05, 0) is 26.0 Å². The Hall–Kier alpha value is -1.94. The Morgan fingerprint density at radius 3 is 2.58 bits per heavy atom. The van der Waals surface area contributed by atoms with E-state index in [1.54, 1.807) is 32.0 Å². The molecule has 1 amide bonds. The molecule has 2 fully saturated rings. The van der Waals surface area contributed by atoms with Gasteiger partial charge in [0.15, 0.2) is 9.84 Å². The maximum atomic E-state index is 13.1. The summed E-state index contributed by atoms with van der Waals surface area (Å²) in [7, 11) is -3.85. The van der Waals surface area contributed by atoms with Gasteiger partial charge < -0.3 is 10.0 Å². The van der Waals surface area contributed by atoms with Crippen molar-refractivity contribution in [2.75, 3.05) is 6.54 Å². The van der Waals surface area contributed by atoms with Crippen molar-refractivity contribution < 1.29 is 23.1 Å². The van der Waals surface area contributed by atoms with Gasteiger partial charge in [0, 0.05) is 4.75 Å². The van der Waals surface area contributed by atoms with Gasteiger partial charge in [0.05, 0.1) is 11.4 Å². The maximum absolute atomic E-state index is 13.1. The van der Waals surface area contributed by atoms with E-state index in [9.17, 15) is 23.1 Å². The molecule has 1 N–H and O–H groups in total. The van der Waals surface area contributed by atoms with E-state index in [1.807, 2.05) is 0 Å². The number of fused-ring (bicyclic) bond motifs is 2. The summed E-state index contributed by atoms with van der Waals surface area (Å²) in [5.74, 6) is -1.68. The van der Waals surface area contributed by atoms with E-state index in [4.69, 9.17) is 0 Å². The first-order chi connectivity index (χ1) is 12.1. The maximum Gasteiger partial charge on any atom is 0.327 e. The summed E-state index contributed by atoms with van der Waals surface area (Å²) in [4.78, 5) is 26.0. The quantitative estimate of drug-likeness (QED) is 0.768. The molecule has 138 valence electrons. The molecule has 3 aliphatic heterocycles. The van der Waals surface area contributed by atoms with Crippen LogP contribution in [0.3, 0.4) is 0 Å². The number of hydrogen-bond acceptors (Lipinski definition) is 7. The van der Waals surface area contributed by atoms with E-state index in [2.05, 4.69) is 10.2 Å². The molecule has 26 heavy (non-hydrogen) atoms. The van der Waals surface area contributed by atoms with Crippen molar-refractivity contribution in [3.05, 3.63) is 30.3 Å². The van der Waals surface area contributed by atoms with Gasteiger partial charge in [-0.25, -0.2) is 13.2 Å². The van der Waals surface area contributed by atoms with Gasteiger partial charge in [-0.15, -0.1) is 11.8 Å². The summed E-state index contributed by atoms with van der Waals surface area (Å²) in [6.45, 7) is 3.37. The second kappa shape index (κ2) is 5.29. The molecule has 0 aromatic heterocycles. The normalized spacial score (nSPS) is 34.8. The average Bonchev–Trinajstić information content (AvgIpc) is 3.15. The second-order valence-electron chi connectivity index (χ2n) is 7.12. The fourth-order valence-electron chi connectivity index (χ4n) is 4.00. The molecule has 3 aliphatic rings. The number of nitrogens with zero attached hydrogens (tertiary/aromatic N) is 3. The third-order valence-corrected chi connectivity index (χ3v) is 9.04. The second-order valence-corrected chi connectivity index (χ2v) is 11.0. The molecular formula is C16H17N3O5S2. The first-order valence-electron chi connectivity index (χ1n) is 8.05. The number of sulfone groups is 1. The number of carbonyl (C=O) groups is 2. The Morgan fingerprint density at radius 1 is 1.31 bits per heavy atom. The molecule has 1 spiro atoms. The topological polar surface area (TPSA) is 116 Å². The smallest absolute Gasteiger partial charge is 0.327 e. The fraction of sp³-hybridized carbons (Fsp3) is 0.500. The van der Waals surface area contributed by atoms with Crippen molar-refractivity contribution in [1.82, 2.24) is 4.90 Å². The van der Waals surface area contributed by atoms with E-state index in [0.717, 1.165) is 0 Å². The lowest BCUT2D eigenvalue weighted by molar-refractivity contribution is -0.164. The van der Waals surface area contributed by atoms with Crippen LogP contribution in [-0.4, -0.2) is 63.8 Å². The minimum absolute atomic E-state index is 0.105. The number of hydrogen-bond donors (Lipinski definition) is 1. The van der Waals surface area contributed by atoms with Gasteiger partial charge in [-0.2, -0.15) is 10.2 Å². The number of amides is 1. The predicted octanol–water partition coefficient (Wildman–Crippen LogP) is 1.18. The molecule has 1 aromatic rings. The largest absolute Gasteiger partial charge is 0.480 e. The first kappa shape index (κ1) is 17.5. The molecular weight excluding hydrogens is 378 g/mol. The van der Waals surface area contributed by atoms with Crippen molar-refractivity contribution in [3.8, 4) is 0 Å². The molecule has 0 unspecified atom stereocenters. The number of carboxylic acids is 1. The number of aliphatic carboxylic acids is 1. The molecule has 0 saturated carbocycles. The number of carbonyl (C=O) groups excluding carboxylic acids is 1. The number of carboxylic acid groups (broad SMARTS) is 1. The number of β-lactam (4-membered cyclic amide) rings is 1. The van der Waals surface area contributed by atoms with Gasteiger partial charge >= 0.3 is 5.97 Å². The highest BCUT2D eigenvalue weighted by Crippen LogP contribution is 2.59. The van der Waals surface area contributed by atoms with Crippen LogP contribution in [0, 0.1) is 0 Å². The van der Waals surface area contributed by atoms with Crippen LogP contribution in [0.2, 0.25) is 0 Å². The van der Waals surface area contributed by atoms with Gasteiger partial charge in [0.2, 0.25) is 5.54 Å². The molecule has 2 saturated heterocycles. The van der Waals surface area contributed by atoms with Gasteiger partial charge in [0.1, 0.15) is 16.7 Å². The predicted molar refractivity (Wildman–Crippen MR) is 93.6 cm³/mol. The Balaban J connectivity index is 1.77. The Kier molecular flexibility index (Phi) is 3.55. The minimum atomic E-state index is -3.85. The highest BCUT2D eigenvalue weighted by atomic mass is 32.2. The average molecular weight is 395 g/mol.